The number of nitrogens with zero attached hydrogens (tertiary/aromatic N) is 2. The summed E-state index contributed by atoms with van der Waals surface area (Å²) in [6, 6.07) is 9.53. The van der Waals surface area contributed by atoms with Gasteiger partial charge in [0.15, 0.2) is 0 Å². The molecule has 24 heavy (non-hydrogen) atoms. The second-order valence-corrected chi connectivity index (χ2v) is 6.27. The highest BCUT2D eigenvalue weighted by Gasteiger charge is 2.37. The van der Waals surface area contributed by atoms with E-state index >= 15 is 0 Å². The van der Waals surface area contributed by atoms with Crippen LogP contribution in [0.15, 0.2) is 30.3 Å². The predicted molar refractivity (Wildman–Crippen MR) is 91.8 cm³/mol. The number of benzene rings is 1. The van der Waals surface area contributed by atoms with Crippen molar-refractivity contribution in [3.8, 4) is 0 Å². The van der Waals surface area contributed by atoms with Crippen LogP contribution in [0.25, 0.3) is 0 Å². The highest BCUT2D eigenvalue weighted by molar-refractivity contribution is 6.09. The maximum absolute atomic E-state index is 12.5. The van der Waals surface area contributed by atoms with Gasteiger partial charge >= 0.3 is 0 Å². The zero-order valence-electron chi connectivity index (χ0n) is 13.9. The molecule has 0 radical (unpaired) electrons. The Balaban J connectivity index is 1.41. The second kappa shape index (κ2) is 8.26. The van der Waals surface area contributed by atoms with E-state index < -0.39 is 5.92 Å². The molecule has 3 rings (SSSR count). The first-order valence-electron chi connectivity index (χ1n) is 8.70. The lowest BCUT2D eigenvalue weighted by atomic mass is 10.1. The molecule has 6 nitrogen and oxygen atoms in total. The maximum atomic E-state index is 12.5. The van der Waals surface area contributed by atoms with Crippen molar-refractivity contribution < 1.29 is 14.3 Å². The Bertz CT molecular complexity index is 558. The monoisotopic (exact) mass is 331 g/mol. The van der Waals surface area contributed by atoms with Crippen molar-refractivity contribution in [1.82, 2.24) is 10.2 Å². The van der Waals surface area contributed by atoms with E-state index in [1.165, 1.54) is 0 Å². The molecule has 0 saturated carbocycles. The van der Waals surface area contributed by atoms with Gasteiger partial charge in [-0.1, -0.05) is 18.2 Å². The quantitative estimate of drug-likeness (QED) is 0.621. The first kappa shape index (κ1) is 16.9. The van der Waals surface area contributed by atoms with Gasteiger partial charge in [0.1, 0.15) is 5.92 Å². The van der Waals surface area contributed by atoms with Gasteiger partial charge in [0.05, 0.1) is 13.2 Å². The fourth-order valence-electron chi connectivity index (χ4n) is 3.25. The third-order valence-corrected chi connectivity index (χ3v) is 4.64. The molecule has 130 valence electrons. The summed E-state index contributed by atoms with van der Waals surface area (Å²) < 4.78 is 5.32. The molecule has 2 aliphatic heterocycles. The van der Waals surface area contributed by atoms with Crippen LogP contribution in [0, 0.1) is 5.92 Å². The van der Waals surface area contributed by atoms with Crippen LogP contribution in [0.4, 0.5) is 5.69 Å². The topological polar surface area (TPSA) is 61.9 Å². The van der Waals surface area contributed by atoms with Crippen LogP contribution in [0.3, 0.4) is 0 Å². The van der Waals surface area contributed by atoms with Crippen LogP contribution in [-0.4, -0.2) is 62.7 Å². The molecular weight excluding hydrogens is 306 g/mol. The van der Waals surface area contributed by atoms with Crippen LogP contribution in [-0.2, 0) is 14.3 Å². The van der Waals surface area contributed by atoms with Gasteiger partial charge in [-0.2, -0.15) is 0 Å². The summed E-state index contributed by atoms with van der Waals surface area (Å²) in [5.74, 6) is -0.777. The fraction of sp³-hybridized carbons (Fsp3) is 0.556. The molecule has 1 aromatic carbocycles. The van der Waals surface area contributed by atoms with Crippen molar-refractivity contribution in [2.24, 2.45) is 5.92 Å². The Morgan fingerprint density at radius 2 is 1.92 bits per heavy atom. The van der Waals surface area contributed by atoms with Crippen molar-refractivity contribution in [3.63, 3.8) is 0 Å². The summed E-state index contributed by atoms with van der Waals surface area (Å²) in [4.78, 5) is 28.8. The minimum Gasteiger partial charge on any atom is -0.379 e. The van der Waals surface area contributed by atoms with Gasteiger partial charge in [-0.25, -0.2) is 0 Å². The lowest BCUT2D eigenvalue weighted by Gasteiger charge is -2.26. The van der Waals surface area contributed by atoms with Gasteiger partial charge in [0.25, 0.3) is 0 Å². The Kier molecular flexibility index (Phi) is 5.82. The van der Waals surface area contributed by atoms with Gasteiger partial charge in [-0.05, 0) is 31.5 Å². The first-order valence-corrected chi connectivity index (χ1v) is 8.70. The Hall–Kier alpha value is -1.92. The van der Waals surface area contributed by atoms with Crippen molar-refractivity contribution in [2.45, 2.75) is 12.8 Å². The zero-order valence-corrected chi connectivity index (χ0v) is 13.9. The third-order valence-electron chi connectivity index (χ3n) is 4.64. The minimum atomic E-state index is -0.548. The number of carbonyl (C=O) groups is 2. The maximum Gasteiger partial charge on any atom is 0.239 e. The smallest absolute Gasteiger partial charge is 0.239 e. The molecule has 0 aromatic heterocycles. The van der Waals surface area contributed by atoms with E-state index in [1.54, 1.807) is 4.90 Å². The molecule has 2 amide bonds. The minimum absolute atomic E-state index is 0.0909. The van der Waals surface area contributed by atoms with E-state index in [-0.39, 0.29) is 11.8 Å². The van der Waals surface area contributed by atoms with Crippen LogP contribution >= 0.6 is 0 Å². The van der Waals surface area contributed by atoms with Crippen LogP contribution in [0.5, 0.6) is 0 Å². The molecule has 6 heteroatoms. The van der Waals surface area contributed by atoms with Crippen LogP contribution in [0.1, 0.15) is 12.8 Å². The summed E-state index contributed by atoms with van der Waals surface area (Å²) >= 11 is 0. The number of carbonyl (C=O) groups excluding carboxylic acids is 2. The van der Waals surface area contributed by atoms with E-state index in [4.69, 9.17) is 4.74 Å². The lowest BCUT2D eigenvalue weighted by Crippen LogP contribution is -2.40. The summed E-state index contributed by atoms with van der Waals surface area (Å²) in [6.07, 6.45) is 1.48. The number of anilines is 1. The fourth-order valence-corrected chi connectivity index (χ4v) is 3.25. The molecule has 2 saturated heterocycles. The summed E-state index contributed by atoms with van der Waals surface area (Å²) in [7, 11) is 0. The Morgan fingerprint density at radius 1 is 1.17 bits per heavy atom. The van der Waals surface area contributed by atoms with Crippen LogP contribution in [0.2, 0.25) is 0 Å². The number of para-hydroxylation sites is 1. The number of hydrogen-bond acceptors (Lipinski definition) is 4. The van der Waals surface area contributed by atoms with Gasteiger partial charge in [0.2, 0.25) is 11.8 Å². The summed E-state index contributed by atoms with van der Waals surface area (Å²) in [5, 5.41) is 2.92. The van der Waals surface area contributed by atoms with E-state index in [1.807, 2.05) is 30.3 Å². The SMILES string of the molecule is O=C(NCCCN1CCOCC1)[C@@H]1CCN(c2ccccc2)C1=O. The number of ether oxygens (including phenoxy) is 1. The highest BCUT2D eigenvalue weighted by atomic mass is 16.5. The third kappa shape index (κ3) is 4.13. The number of morpholine rings is 1. The number of rotatable bonds is 6. The molecule has 0 bridgehead atoms. The first-order chi connectivity index (χ1) is 11.8. The number of hydrogen-bond donors (Lipinski definition) is 1. The van der Waals surface area contributed by atoms with E-state index in [9.17, 15) is 9.59 Å². The van der Waals surface area contributed by atoms with Crippen molar-refractivity contribution >= 4 is 17.5 Å². The van der Waals surface area contributed by atoms with Crippen molar-refractivity contribution in [3.05, 3.63) is 30.3 Å². The number of nitrogens with one attached hydrogen (secondary N) is 1. The zero-order chi connectivity index (χ0) is 16.8. The number of amides is 2. The molecule has 0 aliphatic carbocycles. The predicted octanol–water partition coefficient (Wildman–Crippen LogP) is 0.878. The Labute approximate surface area is 142 Å². The largest absolute Gasteiger partial charge is 0.379 e. The van der Waals surface area contributed by atoms with E-state index in [0.29, 0.717) is 19.5 Å². The molecule has 2 heterocycles. The molecule has 2 fully saturated rings. The average molecular weight is 331 g/mol. The van der Waals surface area contributed by atoms with Crippen molar-refractivity contribution in [1.29, 1.82) is 0 Å². The van der Waals surface area contributed by atoms with Crippen molar-refractivity contribution in [2.75, 3.05) is 50.8 Å². The molecule has 1 N–H and O–H groups in total. The molecule has 1 atom stereocenters. The average Bonchev–Trinajstić information content (AvgIpc) is 3.02. The van der Waals surface area contributed by atoms with Gasteiger partial charge in [-0.3, -0.25) is 14.5 Å². The molecule has 0 spiro atoms. The lowest BCUT2D eigenvalue weighted by molar-refractivity contribution is -0.132. The molecule has 2 aliphatic rings. The summed E-state index contributed by atoms with van der Waals surface area (Å²) in [6.45, 7) is 5.68. The van der Waals surface area contributed by atoms with Gasteiger partial charge < -0.3 is 15.0 Å². The summed E-state index contributed by atoms with van der Waals surface area (Å²) in [5.41, 5.74) is 0.866. The second-order valence-electron chi connectivity index (χ2n) is 6.27. The van der Waals surface area contributed by atoms with Crippen LogP contribution < -0.4 is 10.2 Å². The van der Waals surface area contributed by atoms with Gasteiger partial charge in [0, 0.05) is 31.9 Å². The standard InChI is InChI=1S/C18H25N3O3/c22-17(19-8-4-9-20-11-13-24-14-12-20)16-7-10-21(18(16)23)15-5-2-1-3-6-15/h1-3,5-6,16H,4,7-14H2,(H,19,22)/t16-/m0/s1. The van der Waals surface area contributed by atoms with E-state index in [0.717, 1.165) is 45.0 Å². The molecular formula is C18H25N3O3. The Morgan fingerprint density at radius 3 is 2.67 bits per heavy atom. The van der Waals surface area contributed by atoms with Gasteiger partial charge in [-0.15, -0.1) is 0 Å². The van der Waals surface area contributed by atoms with E-state index in [2.05, 4.69) is 10.2 Å². The normalized spacial score (nSPS) is 21.9. The highest BCUT2D eigenvalue weighted by Crippen LogP contribution is 2.24. The molecule has 0 unspecified atom stereocenters. The molecule has 1 aromatic rings.